The Kier molecular flexibility index (Phi) is 2.76. The lowest BCUT2D eigenvalue weighted by atomic mass is 9.88. The quantitative estimate of drug-likeness (QED) is 0.730. The van der Waals surface area contributed by atoms with Gasteiger partial charge in [-0.3, -0.25) is 0 Å². The van der Waals surface area contributed by atoms with Crippen molar-refractivity contribution in [3.8, 4) is 0 Å². The summed E-state index contributed by atoms with van der Waals surface area (Å²) in [6.07, 6.45) is 10.5. The molecule has 2 bridgehead atoms. The molecule has 3 rings (SSSR count). The van der Waals surface area contributed by atoms with Crippen LogP contribution in [0.2, 0.25) is 0 Å². The second-order valence-corrected chi connectivity index (χ2v) is 6.20. The molecule has 15 heavy (non-hydrogen) atoms. The molecular formula is C14H25N. The van der Waals surface area contributed by atoms with Crippen LogP contribution in [0.3, 0.4) is 0 Å². The molecule has 1 heteroatoms. The summed E-state index contributed by atoms with van der Waals surface area (Å²) in [6.45, 7) is 3.67. The second-order valence-electron chi connectivity index (χ2n) is 6.20. The van der Waals surface area contributed by atoms with Gasteiger partial charge in [0.15, 0.2) is 0 Å². The summed E-state index contributed by atoms with van der Waals surface area (Å²) < 4.78 is 0. The van der Waals surface area contributed by atoms with Gasteiger partial charge < -0.3 is 5.32 Å². The van der Waals surface area contributed by atoms with Crippen molar-refractivity contribution in [2.45, 2.75) is 57.9 Å². The molecule has 4 unspecified atom stereocenters. The Morgan fingerprint density at radius 2 is 2.00 bits per heavy atom. The van der Waals surface area contributed by atoms with Crippen LogP contribution >= 0.6 is 0 Å². The van der Waals surface area contributed by atoms with Gasteiger partial charge in [0.1, 0.15) is 0 Å². The fraction of sp³-hybridized carbons (Fsp3) is 1.00. The van der Waals surface area contributed by atoms with Gasteiger partial charge in [-0.05, 0) is 68.7 Å². The van der Waals surface area contributed by atoms with E-state index in [-0.39, 0.29) is 0 Å². The van der Waals surface area contributed by atoms with Gasteiger partial charge in [0, 0.05) is 6.04 Å². The highest BCUT2D eigenvalue weighted by Gasteiger charge is 2.39. The van der Waals surface area contributed by atoms with E-state index in [1.807, 2.05) is 0 Å². The third-order valence-corrected chi connectivity index (χ3v) is 5.16. The van der Waals surface area contributed by atoms with E-state index in [0.717, 1.165) is 29.7 Å². The molecule has 3 aliphatic carbocycles. The Morgan fingerprint density at radius 3 is 2.53 bits per heavy atom. The van der Waals surface area contributed by atoms with E-state index in [9.17, 15) is 0 Å². The van der Waals surface area contributed by atoms with E-state index in [4.69, 9.17) is 0 Å². The number of rotatable bonds is 5. The van der Waals surface area contributed by atoms with Gasteiger partial charge in [-0.25, -0.2) is 0 Å². The molecule has 0 aliphatic heterocycles. The smallest absolute Gasteiger partial charge is 0.00928 e. The molecule has 0 radical (unpaired) electrons. The van der Waals surface area contributed by atoms with Gasteiger partial charge in [-0.2, -0.15) is 0 Å². The Labute approximate surface area is 94.0 Å². The summed E-state index contributed by atoms with van der Waals surface area (Å²) in [4.78, 5) is 0. The van der Waals surface area contributed by atoms with Crippen LogP contribution in [0, 0.1) is 23.7 Å². The first-order valence-corrected chi connectivity index (χ1v) is 7.10. The molecule has 86 valence electrons. The molecule has 1 nitrogen and oxygen atoms in total. The van der Waals surface area contributed by atoms with Crippen LogP contribution in [-0.2, 0) is 0 Å². The van der Waals surface area contributed by atoms with Crippen LogP contribution < -0.4 is 5.32 Å². The first kappa shape index (κ1) is 10.1. The highest BCUT2D eigenvalue weighted by molar-refractivity contribution is 4.92. The average molecular weight is 207 g/mol. The Hall–Kier alpha value is -0.0400. The lowest BCUT2D eigenvalue weighted by molar-refractivity contribution is 0.296. The maximum absolute atomic E-state index is 3.86. The summed E-state index contributed by atoms with van der Waals surface area (Å²) in [7, 11) is 0. The summed E-state index contributed by atoms with van der Waals surface area (Å²) in [5.74, 6) is 4.28. The van der Waals surface area contributed by atoms with Gasteiger partial charge in [-0.15, -0.1) is 0 Å². The van der Waals surface area contributed by atoms with Crippen molar-refractivity contribution in [2.24, 2.45) is 23.7 Å². The van der Waals surface area contributed by atoms with Crippen LogP contribution in [0.5, 0.6) is 0 Å². The Bertz CT molecular complexity index is 221. The van der Waals surface area contributed by atoms with E-state index in [1.54, 1.807) is 19.3 Å². The van der Waals surface area contributed by atoms with Gasteiger partial charge in [0.2, 0.25) is 0 Å². The minimum Gasteiger partial charge on any atom is -0.313 e. The normalized spacial score (nSPS) is 41.0. The maximum atomic E-state index is 3.86. The molecule has 3 fully saturated rings. The maximum Gasteiger partial charge on any atom is 0.00928 e. The third-order valence-electron chi connectivity index (χ3n) is 5.16. The summed E-state index contributed by atoms with van der Waals surface area (Å²) >= 11 is 0. The molecule has 0 spiro atoms. The zero-order valence-corrected chi connectivity index (χ0v) is 10.0. The predicted molar refractivity (Wildman–Crippen MR) is 63.7 cm³/mol. The Morgan fingerprint density at radius 1 is 1.13 bits per heavy atom. The van der Waals surface area contributed by atoms with Gasteiger partial charge in [-0.1, -0.05) is 13.3 Å². The molecule has 0 heterocycles. The summed E-state index contributed by atoms with van der Waals surface area (Å²) in [5, 5.41) is 3.86. The first-order chi connectivity index (χ1) is 7.36. The standard InChI is InChI=1S/C14H25N/c1-2-14(11-5-6-11)15-9-13-8-10-3-4-12(13)7-10/h10-15H,2-9H2,1H3. The molecule has 0 amide bonds. The highest BCUT2D eigenvalue weighted by atomic mass is 14.9. The Balaban J connectivity index is 1.45. The lowest BCUT2D eigenvalue weighted by Crippen LogP contribution is -2.36. The molecular weight excluding hydrogens is 182 g/mol. The summed E-state index contributed by atoms with van der Waals surface area (Å²) in [6, 6.07) is 0.851. The molecule has 0 saturated heterocycles. The van der Waals surface area contributed by atoms with Crippen molar-refractivity contribution in [1.82, 2.24) is 5.32 Å². The zero-order valence-electron chi connectivity index (χ0n) is 10.0. The SMILES string of the molecule is CCC(NCC1CC2CCC1C2)C1CC1. The van der Waals surface area contributed by atoms with Crippen LogP contribution in [0.25, 0.3) is 0 Å². The molecule has 1 N–H and O–H groups in total. The topological polar surface area (TPSA) is 12.0 Å². The van der Waals surface area contributed by atoms with E-state index < -0.39 is 0 Å². The van der Waals surface area contributed by atoms with E-state index in [2.05, 4.69) is 12.2 Å². The van der Waals surface area contributed by atoms with Crippen molar-refractivity contribution < 1.29 is 0 Å². The van der Waals surface area contributed by atoms with Crippen molar-refractivity contribution in [2.75, 3.05) is 6.54 Å². The van der Waals surface area contributed by atoms with Crippen LogP contribution in [0.4, 0.5) is 0 Å². The molecule has 3 aliphatic rings. The van der Waals surface area contributed by atoms with Crippen LogP contribution in [0.15, 0.2) is 0 Å². The van der Waals surface area contributed by atoms with E-state index >= 15 is 0 Å². The first-order valence-electron chi connectivity index (χ1n) is 7.10. The van der Waals surface area contributed by atoms with Crippen molar-refractivity contribution >= 4 is 0 Å². The molecule has 3 saturated carbocycles. The predicted octanol–water partition coefficient (Wildman–Crippen LogP) is 3.20. The van der Waals surface area contributed by atoms with E-state index in [0.29, 0.717) is 0 Å². The minimum atomic E-state index is 0.851. The number of nitrogens with one attached hydrogen (secondary N) is 1. The highest BCUT2D eigenvalue weighted by Crippen LogP contribution is 2.48. The number of hydrogen-bond donors (Lipinski definition) is 1. The molecule has 0 aromatic rings. The monoisotopic (exact) mass is 207 g/mol. The average Bonchev–Trinajstić information content (AvgIpc) is 2.89. The van der Waals surface area contributed by atoms with Gasteiger partial charge in [0.25, 0.3) is 0 Å². The fourth-order valence-corrected chi connectivity index (χ4v) is 4.07. The van der Waals surface area contributed by atoms with E-state index in [1.165, 1.54) is 32.2 Å². The van der Waals surface area contributed by atoms with Gasteiger partial charge in [0.05, 0.1) is 0 Å². The van der Waals surface area contributed by atoms with Crippen molar-refractivity contribution in [3.05, 3.63) is 0 Å². The lowest BCUT2D eigenvalue weighted by Gasteiger charge is -2.25. The van der Waals surface area contributed by atoms with Gasteiger partial charge >= 0.3 is 0 Å². The largest absolute Gasteiger partial charge is 0.313 e. The third kappa shape index (κ3) is 2.08. The number of hydrogen-bond acceptors (Lipinski definition) is 1. The number of fused-ring (bicyclic) bond motifs is 2. The molecule has 4 atom stereocenters. The van der Waals surface area contributed by atoms with Crippen LogP contribution in [0.1, 0.15) is 51.9 Å². The fourth-order valence-electron chi connectivity index (χ4n) is 4.07. The van der Waals surface area contributed by atoms with Crippen molar-refractivity contribution in [3.63, 3.8) is 0 Å². The molecule has 0 aromatic heterocycles. The van der Waals surface area contributed by atoms with Crippen molar-refractivity contribution in [1.29, 1.82) is 0 Å². The zero-order chi connectivity index (χ0) is 10.3. The molecule has 0 aromatic carbocycles. The second kappa shape index (κ2) is 4.08. The van der Waals surface area contributed by atoms with Crippen LogP contribution in [-0.4, -0.2) is 12.6 Å². The summed E-state index contributed by atoms with van der Waals surface area (Å²) in [5.41, 5.74) is 0. The minimum absolute atomic E-state index is 0.851.